The van der Waals surface area contributed by atoms with E-state index in [9.17, 15) is 4.79 Å². The maximum Gasteiger partial charge on any atom is 0.256 e. The van der Waals surface area contributed by atoms with Crippen molar-refractivity contribution in [2.75, 3.05) is 11.6 Å². The molecule has 1 amide bonds. The second-order valence-corrected chi connectivity index (χ2v) is 6.58. The summed E-state index contributed by atoms with van der Waals surface area (Å²) in [5, 5.41) is 3.00. The second-order valence-electron chi connectivity index (χ2n) is 4.36. The lowest BCUT2D eigenvalue weighted by Crippen LogP contribution is -2.14. The number of carbonyl (C=O) groups is 1. The largest absolute Gasteiger partial charge is 0.322 e. The molecule has 0 aliphatic heterocycles. The van der Waals surface area contributed by atoms with Crippen LogP contribution in [0.25, 0.3) is 0 Å². The molecule has 2 aromatic rings. The number of amides is 1. The minimum Gasteiger partial charge on any atom is -0.322 e. The standard InChI is InChI=1S/C16H16BrNOS/c1-11(17)12-7-3-5-9-14(12)18-16(19)13-8-4-6-10-15(13)20-2/h3-11H,1-2H3,(H,18,19). The first-order chi connectivity index (χ1) is 9.63. The van der Waals surface area contributed by atoms with Crippen LogP contribution < -0.4 is 5.32 Å². The topological polar surface area (TPSA) is 29.1 Å². The molecule has 0 aliphatic carbocycles. The third kappa shape index (κ3) is 3.44. The van der Waals surface area contributed by atoms with E-state index < -0.39 is 0 Å². The molecule has 2 rings (SSSR count). The number of carbonyl (C=O) groups excluding carboxylic acids is 1. The summed E-state index contributed by atoms with van der Waals surface area (Å²) in [4.78, 5) is 13.6. The van der Waals surface area contributed by atoms with Crippen LogP contribution in [-0.2, 0) is 0 Å². The van der Waals surface area contributed by atoms with Crippen LogP contribution in [0.2, 0.25) is 0 Å². The molecule has 0 heterocycles. The number of thioether (sulfide) groups is 1. The summed E-state index contributed by atoms with van der Waals surface area (Å²) in [6.45, 7) is 2.04. The summed E-state index contributed by atoms with van der Waals surface area (Å²) in [7, 11) is 0. The van der Waals surface area contributed by atoms with Crippen LogP contribution in [-0.4, -0.2) is 12.2 Å². The predicted molar refractivity (Wildman–Crippen MR) is 90.0 cm³/mol. The van der Waals surface area contributed by atoms with E-state index in [1.165, 1.54) is 0 Å². The summed E-state index contributed by atoms with van der Waals surface area (Å²) in [6, 6.07) is 15.5. The average Bonchev–Trinajstić information content (AvgIpc) is 2.47. The van der Waals surface area contributed by atoms with Gasteiger partial charge in [0.2, 0.25) is 0 Å². The zero-order valence-corrected chi connectivity index (χ0v) is 13.8. The van der Waals surface area contributed by atoms with Gasteiger partial charge in [-0.05, 0) is 36.9 Å². The number of nitrogens with one attached hydrogen (secondary N) is 1. The highest BCUT2D eigenvalue weighted by molar-refractivity contribution is 9.09. The molecule has 0 saturated heterocycles. The van der Waals surface area contributed by atoms with Crippen molar-refractivity contribution in [3.8, 4) is 0 Å². The van der Waals surface area contributed by atoms with E-state index in [4.69, 9.17) is 0 Å². The molecule has 1 atom stereocenters. The summed E-state index contributed by atoms with van der Waals surface area (Å²) in [5.41, 5.74) is 2.62. The highest BCUT2D eigenvalue weighted by Crippen LogP contribution is 2.29. The number of rotatable bonds is 4. The van der Waals surface area contributed by atoms with Crippen molar-refractivity contribution in [1.29, 1.82) is 0 Å². The van der Waals surface area contributed by atoms with Gasteiger partial charge in [-0.2, -0.15) is 0 Å². The van der Waals surface area contributed by atoms with E-state index in [1.807, 2.05) is 61.7 Å². The quantitative estimate of drug-likeness (QED) is 0.613. The first kappa shape index (κ1) is 15.1. The summed E-state index contributed by atoms with van der Waals surface area (Å²) >= 11 is 5.13. The normalized spacial score (nSPS) is 11.9. The van der Waals surface area contributed by atoms with Gasteiger partial charge in [-0.15, -0.1) is 11.8 Å². The predicted octanol–water partition coefficient (Wildman–Crippen LogP) is 5.12. The molecule has 2 aromatic carbocycles. The number of benzene rings is 2. The minimum atomic E-state index is -0.0736. The Hall–Kier alpha value is -1.26. The Bertz CT molecular complexity index is 613. The monoisotopic (exact) mass is 349 g/mol. The number of anilines is 1. The van der Waals surface area contributed by atoms with E-state index in [2.05, 4.69) is 21.2 Å². The Morgan fingerprint density at radius 3 is 2.50 bits per heavy atom. The number of para-hydroxylation sites is 1. The summed E-state index contributed by atoms with van der Waals surface area (Å²) in [5.74, 6) is -0.0736. The van der Waals surface area contributed by atoms with Gasteiger partial charge in [0, 0.05) is 15.4 Å². The van der Waals surface area contributed by atoms with Crippen molar-refractivity contribution in [2.45, 2.75) is 16.6 Å². The van der Waals surface area contributed by atoms with Crippen molar-refractivity contribution >= 4 is 39.3 Å². The highest BCUT2D eigenvalue weighted by Gasteiger charge is 2.13. The fourth-order valence-corrected chi connectivity index (χ4v) is 2.97. The first-order valence-corrected chi connectivity index (χ1v) is 8.45. The molecule has 0 fully saturated rings. The van der Waals surface area contributed by atoms with Gasteiger partial charge in [0.05, 0.1) is 5.56 Å². The van der Waals surface area contributed by atoms with E-state index in [0.717, 1.165) is 16.1 Å². The van der Waals surface area contributed by atoms with Gasteiger partial charge in [0.25, 0.3) is 5.91 Å². The SMILES string of the molecule is CSc1ccccc1C(=O)Nc1ccccc1C(C)Br. The Kier molecular flexibility index (Phi) is 5.26. The third-order valence-corrected chi connectivity index (χ3v) is 4.28. The molecular formula is C16H16BrNOS. The van der Waals surface area contributed by atoms with Crippen LogP contribution >= 0.6 is 27.7 Å². The fourth-order valence-electron chi connectivity index (χ4n) is 1.98. The number of halogens is 1. The molecule has 0 bridgehead atoms. The Morgan fingerprint density at radius 1 is 1.15 bits per heavy atom. The maximum absolute atomic E-state index is 12.4. The van der Waals surface area contributed by atoms with Gasteiger partial charge in [-0.25, -0.2) is 0 Å². The zero-order valence-electron chi connectivity index (χ0n) is 11.4. The van der Waals surface area contributed by atoms with Crippen LogP contribution in [0.15, 0.2) is 53.4 Å². The lowest BCUT2D eigenvalue weighted by atomic mass is 10.1. The van der Waals surface area contributed by atoms with E-state index >= 15 is 0 Å². The zero-order chi connectivity index (χ0) is 14.5. The van der Waals surface area contributed by atoms with Gasteiger partial charge in [-0.1, -0.05) is 46.3 Å². The van der Waals surface area contributed by atoms with Gasteiger partial charge in [-0.3, -0.25) is 4.79 Å². The van der Waals surface area contributed by atoms with Crippen molar-refractivity contribution in [3.63, 3.8) is 0 Å². The number of alkyl halides is 1. The van der Waals surface area contributed by atoms with Gasteiger partial charge >= 0.3 is 0 Å². The number of hydrogen-bond donors (Lipinski definition) is 1. The lowest BCUT2D eigenvalue weighted by Gasteiger charge is -2.13. The summed E-state index contributed by atoms with van der Waals surface area (Å²) < 4.78 is 0. The second kappa shape index (κ2) is 6.95. The molecule has 0 saturated carbocycles. The molecule has 1 N–H and O–H groups in total. The molecule has 0 aromatic heterocycles. The Balaban J connectivity index is 2.28. The molecule has 20 heavy (non-hydrogen) atoms. The Morgan fingerprint density at radius 2 is 1.80 bits per heavy atom. The third-order valence-electron chi connectivity index (χ3n) is 2.99. The molecule has 104 valence electrons. The lowest BCUT2D eigenvalue weighted by molar-refractivity contribution is 0.102. The Labute approximate surface area is 132 Å². The van der Waals surface area contributed by atoms with Gasteiger partial charge in [0.1, 0.15) is 0 Å². The molecule has 1 unspecified atom stereocenters. The molecule has 0 spiro atoms. The van der Waals surface area contributed by atoms with Crippen LogP contribution in [0, 0.1) is 0 Å². The summed E-state index contributed by atoms with van der Waals surface area (Å²) in [6.07, 6.45) is 1.97. The minimum absolute atomic E-state index is 0.0736. The molecule has 0 radical (unpaired) electrons. The van der Waals surface area contributed by atoms with Crippen LogP contribution in [0.1, 0.15) is 27.7 Å². The van der Waals surface area contributed by atoms with Crippen molar-refractivity contribution < 1.29 is 4.79 Å². The molecule has 2 nitrogen and oxygen atoms in total. The van der Waals surface area contributed by atoms with Crippen LogP contribution in [0.4, 0.5) is 5.69 Å². The fraction of sp³-hybridized carbons (Fsp3) is 0.188. The van der Waals surface area contributed by atoms with Crippen molar-refractivity contribution in [3.05, 3.63) is 59.7 Å². The average molecular weight is 350 g/mol. The molecular weight excluding hydrogens is 334 g/mol. The first-order valence-electron chi connectivity index (χ1n) is 6.31. The maximum atomic E-state index is 12.4. The van der Waals surface area contributed by atoms with Crippen LogP contribution in [0.5, 0.6) is 0 Å². The van der Waals surface area contributed by atoms with E-state index in [1.54, 1.807) is 11.8 Å². The molecule has 4 heteroatoms. The van der Waals surface area contributed by atoms with E-state index in [0.29, 0.717) is 5.56 Å². The smallest absolute Gasteiger partial charge is 0.256 e. The van der Waals surface area contributed by atoms with Gasteiger partial charge < -0.3 is 5.32 Å². The molecule has 0 aliphatic rings. The van der Waals surface area contributed by atoms with Gasteiger partial charge in [0.15, 0.2) is 0 Å². The van der Waals surface area contributed by atoms with Crippen molar-refractivity contribution in [2.24, 2.45) is 0 Å². The van der Waals surface area contributed by atoms with E-state index in [-0.39, 0.29) is 10.7 Å². The highest BCUT2D eigenvalue weighted by atomic mass is 79.9. The van der Waals surface area contributed by atoms with Crippen molar-refractivity contribution in [1.82, 2.24) is 0 Å². The van der Waals surface area contributed by atoms with Crippen LogP contribution in [0.3, 0.4) is 0 Å². The number of hydrogen-bond acceptors (Lipinski definition) is 2.